The Labute approximate surface area is 310 Å². The first-order valence-corrected chi connectivity index (χ1v) is 15.4. The van der Waals surface area contributed by atoms with E-state index in [1.165, 1.54) is 0 Å². The third kappa shape index (κ3) is 7.95. The van der Waals surface area contributed by atoms with E-state index in [0.717, 1.165) is 0 Å². The van der Waals surface area contributed by atoms with Crippen molar-refractivity contribution in [2.24, 2.45) is 0 Å². The molecule has 5 rings (SSSR count). The molecule has 0 amide bonds. The summed E-state index contributed by atoms with van der Waals surface area (Å²) in [7, 11) is 0. The standard InChI is InChI=1S/C34H28O22/c35-14-1-10(2-15(36)23(14)43)30(48)52-9-22-28(54-31(49)11-3-16(37)24(44)17(38)4-11)29(55-32(50)12-5-18(39)25(45)19(40)6-12)27(47)34(53-22)56-33(51)13-7-20(41)26(46)21(42)8-13/h1-8,22,27-29,34-47H,9H2/t22?,27?,28-,29-,34+/m1/s1. The molecule has 296 valence electrons. The number of phenols is 12. The molecule has 5 atom stereocenters. The Morgan fingerprint density at radius 1 is 0.446 bits per heavy atom. The van der Waals surface area contributed by atoms with Crippen LogP contribution in [0.4, 0.5) is 0 Å². The Bertz CT molecular complexity index is 2070. The van der Waals surface area contributed by atoms with Gasteiger partial charge in [0, 0.05) is 0 Å². The lowest BCUT2D eigenvalue weighted by atomic mass is 9.98. The molecule has 0 aliphatic carbocycles. The molecule has 1 saturated heterocycles. The van der Waals surface area contributed by atoms with E-state index in [4.69, 9.17) is 23.7 Å². The number of phenolic OH excluding ortho intramolecular Hbond substituents is 12. The zero-order chi connectivity index (χ0) is 41.3. The minimum absolute atomic E-state index is 0.581. The summed E-state index contributed by atoms with van der Waals surface area (Å²) in [6.07, 6.45) is -11.2. The number of aromatic hydroxyl groups is 12. The highest BCUT2D eigenvalue weighted by molar-refractivity contribution is 5.93. The van der Waals surface area contributed by atoms with Crippen LogP contribution in [0.25, 0.3) is 0 Å². The third-order valence-electron chi connectivity index (χ3n) is 7.92. The highest BCUT2D eigenvalue weighted by Crippen LogP contribution is 2.40. The van der Waals surface area contributed by atoms with Crippen molar-refractivity contribution in [3.05, 3.63) is 70.8 Å². The van der Waals surface area contributed by atoms with Crippen molar-refractivity contribution in [3.63, 3.8) is 0 Å². The van der Waals surface area contributed by atoms with E-state index in [2.05, 4.69) is 0 Å². The fourth-order valence-corrected chi connectivity index (χ4v) is 5.09. The van der Waals surface area contributed by atoms with Crippen molar-refractivity contribution < 1.29 is 109 Å². The van der Waals surface area contributed by atoms with Gasteiger partial charge in [0.2, 0.25) is 6.29 Å². The summed E-state index contributed by atoms with van der Waals surface area (Å²) in [6, 6.07) is 5.04. The Hall–Kier alpha value is -7.72. The molecule has 0 bridgehead atoms. The van der Waals surface area contributed by atoms with Crippen LogP contribution in [0.3, 0.4) is 0 Å². The molecule has 22 nitrogen and oxygen atoms in total. The van der Waals surface area contributed by atoms with Gasteiger partial charge < -0.3 is 90.1 Å². The second-order valence-electron chi connectivity index (χ2n) is 11.7. The van der Waals surface area contributed by atoms with Crippen LogP contribution in [0.2, 0.25) is 0 Å². The van der Waals surface area contributed by atoms with Gasteiger partial charge in [-0.25, -0.2) is 19.2 Å². The lowest BCUT2D eigenvalue weighted by molar-refractivity contribution is -0.283. The van der Waals surface area contributed by atoms with Gasteiger partial charge in [-0.05, 0) is 48.5 Å². The van der Waals surface area contributed by atoms with E-state index in [-0.39, 0.29) is 0 Å². The molecule has 2 unspecified atom stereocenters. The minimum atomic E-state index is -2.42. The quantitative estimate of drug-likeness (QED) is 0.0630. The molecule has 4 aromatic rings. The van der Waals surface area contributed by atoms with E-state index in [1.807, 2.05) is 0 Å². The van der Waals surface area contributed by atoms with E-state index in [9.17, 15) is 85.6 Å². The van der Waals surface area contributed by atoms with Crippen molar-refractivity contribution in [2.75, 3.05) is 6.61 Å². The number of benzene rings is 4. The Morgan fingerprint density at radius 2 is 0.732 bits per heavy atom. The molecule has 1 fully saturated rings. The zero-order valence-corrected chi connectivity index (χ0v) is 27.7. The van der Waals surface area contributed by atoms with Crippen LogP contribution < -0.4 is 0 Å². The first-order chi connectivity index (χ1) is 26.3. The van der Waals surface area contributed by atoms with Crippen molar-refractivity contribution in [2.45, 2.75) is 30.7 Å². The normalized spacial score (nSPS) is 19.1. The number of aliphatic hydroxyl groups is 1. The van der Waals surface area contributed by atoms with Crippen LogP contribution in [0.5, 0.6) is 69.0 Å². The maximum absolute atomic E-state index is 13.4. The number of ether oxygens (including phenoxy) is 5. The maximum Gasteiger partial charge on any atom is 0.340 e. The molecule has 0 radical (unpaired) electrons. The average molecular weight is 789 g/mol. The summed E-state index contributed by atoms with van der Waals surface area (Å²) in [6.45, 7) is -1.11. The molecular weight excluding hydrogens is 760 g/mol. The third-order valence-corrected chi connectivity index (χ3v) is 7.92. The van der Waals surface area contributed by atoms with Gasteiger partial charge in [-0.15, -0.1) is 0 Å². The molecule has 0 spiro atoms. The van der Waals surface area contributed by atoms with Crippen LogP contribution in [0, 0.1) is 0 Å². The monoisotopic (exact) mass is 788 g/mol. The van der Waals surface area contributed by atoms with Crippen LogP contribution >= 0.6 is 0 Å². The predicted octanol–water partition coefficient (Wildman–Crippen LogP) is 0.705. The SMILES string of the molecule is O=C(OCC1O[C@@H](OC(=O)c2cc(O)c(O)c(O)c2)C(O)[C@@H](OC(=O)c2cc(O)c(O)c(O)c2)[C@@H]1OC(=O)c1cc(O)c(O)c(O)c1)c1cc(O)c(O)c(O)c1. The van der Waals surface area contributed by atoms with Crippen molar-refractivity contribution >= 4 is 23.9 Å². The number of carbonyl (C=O) groups excluding carboxylic acids is 4. The molecule has 1 aliphatic rings. The highest BCUT2D eigenvalue weighted by Gasteiger charge is 2.52. The number of carbonyl (C=O) groups is 4. The van der Waals surface area contributed by atoms with Crippen LogP contribution in [0.15, 0.2) is 48.5 Å². The molecule has 1 aliphatic heterocycles. The van der Waals surface area contributed by atoms with Gasteiger partial charge in [-0.2, -0.15) is 0 Å². The van der Waals surface area contributed by atoms with Gasteiger partial charge in [0.25, 0.3) is 0 Å². The molecule has 56 heavy (non-hydrogen) atoms. The molecule has 22 heteroatoms. The summed E-state index contributed by atoms with van der Waals surface area (Å²) in [5.74, 6) is -18.0. The molecule has 0 aromatic heterocycles. The Morgan fingerprint density at radius 3 is 1.07 bits per heavy atom. The van der Waals surface area contributed by atoms with Gasteiger partial charge in [-0.3, -0.25) is 0 Å². The van der Waals surface area contributed by atoms with E-state index in [0.29, 0.717) is 48.5 Å². The molecule has 1 heterocycles. The highest BCUT2D eigenvalue weighted by atomic mass is 16.7. The van der Waals surface area contributed by atoms with Crippen molar-refractivity contribution in [1.29, 1.82) is 0 Å². The van der Waals surface area contributed by atoms with E-state index < -0.39 is 152 Å². The number of aliphatic hydroxyl groups excluding tert-OH is 1. The van der Waals surface area contributed by atoms with Crippen LogP contribution in [0.1, 0.15) is 41.4 Å². The topological polar surface area (TPSA) is 377 Å². The Balaban J connectivity index is 1.56. The molecule has 13 N–H and O–H groups in total. The predicted molar refractivity (Wildman–Crippen MR) is 175 cm³/mol. The smallest absolute Gasteiger partial charge is 0.340 e. The summed E-state index contributed by atoms with van der Waals surface area (Å²) in [4.78, 5) is 52.8. The summed E-state index contributed by atoms with van der Waals surface area (Å²) >= 11 is 0. The fraction of sp³-hybridized carbons (Fsp3) is 0.176. The van der Waals surface area contributed by atoms with E-state index >= 15 is 0 Å². The van der Waals surface area contributed by atoms with Gasteiger partial charge in [0.1, 0.15) is 12.7 Å². The molecular formula is C34H28O22. The van der Waals surface area contributed by atoms with Crippen molar-refractivity contribution in [3.8, 4) is 69.0 Å². The fourth-order valence-electron chi connectivity index (χ4n) is 5.09. The number of hydrogen-bond acceptors (Lipinski definition) is 22. The summed E-state index contributed by atoms with van der Waals surface area (Å²) < 4.78 is 26.7. The maximum atomic E-state index is 13.4. The van der Waals surface area contributed by atoms with Crippen LogP contribution in [-0.2, 0) is 23.7 Å². The van der Waals surface area contributed by atoms with Gasteiger partial charge in [0.15, 0.2) is 87.3 Å². The summed E-state index contributed by atoms with van der Waals surface area (Å²) in [5, 5.41) is 129. The second kappa shape index (κ2) is 15.3. The molecule has 4 aromatic carbocycles. The lowest BCUT2D eigenvalue weighted by Crippen LogP contribution is -2.62. The average Bonchev–Trinajstić information content (AvgIpc) is 3.14. The van der Waals surface area contributed by atoms with Gasteiger partial charge >= 0.3 is 23.9 Å². The first kappa shape index (κ1) is 39.5. The lowest BCUT2D eigenvalue weighted by Gasteiger charge is -2.42. The zero-order valence-electron chi connectivity index (χ0n) is 27.7. The Kier molecular flexibility index (Phi) is 10.8. The largest absolute Gasteiger partial charge is 0.504 e. The first-order valence-electron chi connectivity index (χ1n) is 15.4. The minimum Gasteiger partial charge on any atom is -0.504 e. The van der Waals surface area contributed by atoms with Crippen molar-refractivity contribution in [1.82, 2.24) is 0 Å². The van der Waals surface area contributed by atoms with Gasteiger partial charge in [-0.1, -0.05) is 0 Å². The van der Waals surface area contributed by atoms with E-state index in [1.54, 1.807) is 0 Å². The molecule has 0 saturated carbocycles. The van der Waals surface area contributed by atoms with Crippen LogP contribution in [-0.4, -0.2) is 128 Å². The second-order valence-corrected chi connectivity index (χ2v) is 11.7. The van der Waals surface area contributed by atoms with Gasteiger partial charge in [0.05, 0.1) is 22.3 Å². The summed E-state index contributed by atoms with van der Waals surface area (Å²) in [5.41, 5.74) is -2.62. The number of esters is 4. The number of hydrogen-bond donors (Lipinski definition) is 13. The number of rotatable bonds is 9.